The number of rotatable bonds is 4. The lowest BCUT2D eigenvalue weighted by molar-refractivity contribution is -0.133. The molecule has 0 bridgehead atoms. The van der Waals surface area contributed by atoms with Crippen LogP contribution in [0.4, 0.5) is 5.69 Å². The highest BCUT2D eigenvalue weighted by Gasteiger charge is 2.47. The molecule has 0 fully saturated rings. The van der Waals surface area contributed by atoms with Crippen LogP contribution >= 0.6 is 0 Å². The lowest BCUT2D eigenvalue weighted by Gasteiger charge is -2.20. The SMILES string of the molecule is COc1ccccc1C(=O)C[C@@]1(O)C(=O)Nc2c(C)cccc21. The first-order chi connectivity index (χ1) is 11.0. The number of para-hydroxylation sites is 2. The molecule has 0 spiro atoms. The molecule has 0 unspecified atom stereocenters. The first-order valence-corrected chi connectivity index (χ1v) is 7.27. The van der Waals surface area contributed by atoms with E-state index < -0.39 is 11.5 Å². The van der Waals surface area contributed by atoms with Crippen LogP contribution in [0.25, 0.3) is 0 Å². The van der Waals surface area contributed by atoms with Crippen molar-refractivity contribution in [2.24, 2.45) is 0 Å². The molecule has 1 atom stereocenters. The number of Topliss-reactive ketones (excluding diaryl/α,β-unsaturated/α-hetero) is 1. The summed E-state index contributed by atoms with van der Waals surface area (Å²) in [6.45, 7) is 1.84. The number of hydrogen-bond acceptors (Lipinski definition) is 4. The summed E-state index contributed by atoms with van der Waals surface area (Å²) in [6.07, 6.45) is -0.338. The summed E-state index contributed by atoms with van der Waals surface area (Å²) in [4.78, 5) is 24.9. The van der Waals surface area contributed by atoms with Crippen molar-refractivity contribution in [2.45, 2.75) is 18.9 Å². The summed E-state index contributed by atoms with van der Waals surface area (Å²) in [7, 11) is 1.47. The molecule has 5 nitrogen and oxygen atoms in total. The van der Waals surface area contributed by atoms with Gasteiger partial charge < -0.3 is 15.2 Å². The maximum Gasteiger partial charge on any atom is 0.261 e. The van der Waals surface area contributed by atoms with Crippen LogP contribution in [0.2, 0.25) is 0 Å². The number of carbonyl (C=O) groups is 2. The molecule has 0 aromatic heterocycles. The second-order valence-corrected chi connectivity index (χ2v) is 5.61. The highest BCUT2D eigenvalue weighted by Crippen LogP contribution is 2.41. The predicted molar refractivity (Wildman–Crippen MR) is 85.6 cm³/mol. The average Bonchev–Trinajstić information content (AvgIpc) is 2.80. The summed E-state index contributed by atoms with van der Waals surface area (Å²) >= 11 is 0. The van der Waals surface area contributed by atoms with Crippen LogP contribution in [0.1, 0.15) is 27.9 Å². The highest BCUT2D eigenvalue weighted by molar-refractivity contribution is 6.10. The Hall–Kier alpha value is -2.66. The molecule has 0 saturated heterocycles. The van der Waals surface area contributed by atoms with E-state index in [1.54, 1.807) is 36.4 Å². The van der Waals surface area contributed by atoms with E-state index in [1.807, 2.05) is 13.0 Å². The van der Waals surface area contributed by atoms with Gasteiger partial charge >= 0.3 is 0 Å². The predicted octanol–water partition coefficient (Wildman–Crippen LogP) is 2.42. The van der Waals surface area contributed by atoms with Crippen molar-refractivity contribution in [3.05, 3.63) is 59.2 Å². The van der Waals surface area contributed by atoms with Crippen molar-refractivity contribution >= 4 is 17.4 Å². The van der Waals surface area contributed by atoms with Gasteiger partial charge in [-0.2, -0.15) is 0 Å². The molecule has 2 aromatic rings. The zero-order valence-corrected chi connectivity index (χ0v) is 12.9. The van der Waals surface area contributed by atoms with E-state index in [-0.39, 0.29) is 12.2 Å². The number of hydrogen-bond donors (Lipinski definition) is 2. The summed E-state index contributed by atoms with van der Waals surface area (Å²) in [6, 6.07) is 12.0. The third-order valence-corrected chi connectivity index (χ3v) is 4.16. The Labute approximate surface area is 133 Å². The molecule has 1 aliphatic rings. The fourth-order valence-corrected chi connectivity index (χ4v) is 2.90. The maximum absolute atomic E-state index is 12.6. The molecule has 3 rings (SSSR count). The maximum atomic E-state index is 12.6. The van der Waals surface area contributed by atoms with Crippen LogP contribution in [-0.4, -0.2) is 23.9 Å². The van der Waals surface area contributed by atoms with Crippen LogP contribution in [0.15, 0.2) is 42.5 Å². The smallest absolute Gasteiger partial charge is 0.261 e. The number of benzene rings is 2. The summed E-state index contributed by atoms with van der Waals surface area (Å²) in [5, 5.41) is 13.5. The van der Waals surface area contributed by atoms with Gasteiger partial charge in [-0.3, -0.25) is 9.59 Å². The third-order valence-electron chi connectivity index (χ3n) is 4.16. The van der Waals surface area contributed by atoms with Crippen LogP contribution in [0.3, 0.4) is 0 Å². The van der Waals surface area contributed by atoms with E-state index in [1.165, 1.54) is 7.11 Å². The van der Waals surface area contributed by atoms with Crippen LogP contribution in [0, 0.1) is 6.92 Å². The monoisotopic (exact) mass is 311 g/mol. The Morgan fingerprint density at radius 2 is 1.96 bits per heavy atom. The van der Waals surface area contributed by atoms with Crippen LogP contribution in [0.5, 0.6) is 5.75 Å². The van der Waals surface area contributed by atoms with E-state index in [2.05, 4.69) is 5.32 Å². The van der Waals surface area contributed by atoms with E-state index in [0.29, 0.717) is 22.6 Å². The molecule has 118 valence electrons. The van der Waals surface area contributed by atoms with Gasteiger partial charge in [-0.05, 0) is 24.6 Å². The number of carbonyl (C=O) groups excluding carboxylic acids is 2. The van der Waals surface area contributed by atoms with Crippen LogP contribution < -0.4 is 10.1 Å². The van der Waals surface area contributed by atoms with E-state index >= 15 is 0 Å². The van der Waals surface area contributed by atoms with Gasteiger partial charge in [-0.15, -0.1) is 0 Å². The van der Waals surface area contributed by atoms with Crippen LogP contribution in [-0.2, 0) is 10.4 Å². The number of methoxy groups -OCH3 is 1. The Kier molecular flexibility index (Phi) is 3.66. The fraction of sp³-hybridized carbons (Fsp3) is 0.222. The van der Waals surface area contributed by atoms with Gasteiger partial charge in [-0.1, -0.05) is 30.3 Å². The minimum atomic E-state index is -1.86. The molecule has 2 aromatic carbocycles. The molecule has 1 amide bonds. The highest BCUT2D eigenvalue weighted by atomic mass is 16.5. The molecule has 23 heavy (non-hydrogen) atoms. The van der Waals surface area contributed by atoms with Crippen molar-refractivity contribution in [3.63, 3.8) is 0 Å². The van der Waals surface area contributed by atoms with Gasteiger partial charge in [-0.25, -0.2) is 0 Å². The number of aryl methyl sites for hydroxylation is 1. The van der Waals surface area contributed by atoms with Crippen molar-refractivity contribution < 1.29 is 19.4 Å². The molecule has 1 heterocycles. The normalized spacial score (nSPS) is 19.2. The number of fused-ring (bicyclic) bond motifs is 1. The van der Waals surface area contributed by atoms with Gasteiger partial charge in [0.05, 0.1) is 24.8 Å². The quantitative estimate of drug-likeness (QED) is 0.850. The number of nitrogens with one attached hydrogen (secondary N) is 1. The first kappa shape index (κ1) is 15.2. The number of ether oxygens (including phenoxy) is 1. The molecule has 0 saturated carbocycles. The van der Waals surface area contributed by atoms with Gasteiger partial charge in [0.25, 0.3) is 5.91 Å². The average molecular weight is 311 g/mol. The van der Waals surface area contributed by atoms with Gasteiger partial charge in [0.2, 0.25) is 0 Å². The minimum absolute atomic E-state index is 0.338. The summed E-state index contributed by atoms with van der Waals surface area (Å²) in [5.74, 6) is -0.511. The Bertz CT molecular complexity index is 799. The Balaban J connectivity index is 1.98. The molecule has 5 heteroatoms. The van der Waals surface area contributed by atoms with Gasteiger partial charge in [0.15, 0.2) is 11.4 Å². The third kappa shape index (κ3) is 2.39. The molecule has 0 radical (unpaired) electrons. The topological polar surface area (TPSA) is 75.6 Å². The molecule has 0 aliphatic carbocycles. The van der Waals surface area contributed by atoms with E-state index in [0.717, 1.165) is 5.56 Å². The van der Waals surface area contributed by atoms with Gasteiger partial charge in [0, 0.05) is 5.56 Å². The Morgan fingerprint density at radius 3 is 2.70 bits per heavy atom. The molecule has 2 N–H and O–H groups in total. The second kappa shape index (κ2) is 5.52. The molecular formula is C18H17NO4. The standard InChI is InChI=1S/C18H17NO4/c1-11-6-5-8-13-16(11)19-17(21)18(13,22)10-14(20)12-7-3-4-9-15(12)23-2/h3-9,22H,10H2,1-2H3,(H,19,21)/t18-/m0/s1. The number of aliphatic hydroxyl groups is 1. The Morgan fingerprint density at radius 1 is 1.22 bits per heavy atom. The number of amides is 1. The van der Waals surface area contributed by atoms with Crippen molar-refractivity contribution in [3.8, 4) is 5.75 Å². The lowest BCUT2D eigenvalue weighted by atomic mass is 9.87. The number of ketones is 1. The largest absolute Gasteiger partial charge is 0.496 e. The van der Waals surface area contributed by atoms with Crippen molar-refractivity contribution in [1.82, 2.24) is 0 Å². The van der Waals surface area contributed by atoms with Crippen molar-refractivity contribution in [2.75, 3.05) is 12.4 Å². The zero-order valence-electron chi connectivity index (χ0n) is 12.9. The molecule has 1 aliphatic heterocycles. The summed E-state index contributed by atoms with van der Waals surface area (Å²) in [5.41, 5.74) is 0.339. The van der Waals surface area contributed by atoms with Gasteiger partial charge in [0.1, 0.15) is 5.75 Å². The first-order valence-electron chi connectivity index (χ1n) is 7.27. The fourth-order valence-electron chi connectivity index (χ4n) is 2.90. The zero-order chi connectivity index (χ0) is 16.6. The lowest BCUT2D eigenvalue weighted by Crippen LogP contribution is -2.36. The van der Waals surface area contributed by atoms with E-state index in [9.17, 15) is 14.7 Å². The second-order valence-electron chi connectivity index (χ2n) is 5.61. The minimum Gasteiger partial charge on any atom is -0.496 e. The number of anilines is 1. The summed E-state index contributed by atoms with van der Waals surface area (Å²) < 4.78 is 5.18. The van der Waals surface area contributed by atoms with E-state index in [4.69, 9.17) is 4.74 Å². The van der Waals surface area contributed by atoms with Crippen molar-refractivity contribution in [1.29, 1.82) is 0 Å². The molecular weight excluding hydrogens is 294 g/mol.